The average Bonchev–Trinajstić information content (AvgIpc) is 3.12. The molecule has 1 aliphatic carbocycles. The first-order chi connectivity index (χ1) is 15.5. The summed E-state index contributed by atoms with van der Waals surface area (Å²) in [5.74, 6) is -0.908. The zero-order chi connectivity index (χ0) is 22.5. The minimum atomic E-state index is -0.948. The molecule has 0 heterocycles. The average molecular weight is 428 g/mol. The molecule has 0 unspecified atom stereocenters. The molecule has 162 valence electrons. The lowest BCUT2D eigenvalue weighted by atomic mass is 9.98. The number of carboxylic acids is 1. The second kappa shape index (κ2) is 9.52. The number of hydrogen-bond acceptors (Lipinski definition) is 3. The SMILES string of the molecule is Cc1ccc(C(=O)O)cc1C=CCCNC(=O)OCC1c2ccccc2-c2ccccc21. The van der Waals surface area contributed by atoms with E-state index in [2.05, 4.69) is 29.6 Å². The maximum Gasteiger partial charge on any atom is 0.407 e. The van der Waals surface area contributed by atoms with Crippen molar-refractivity contribution in [3.05, 3.63) is 101 Å². The number of nitrogens with one attached hydrogen (secondary N) is 1. The summed E-state index contributed by atoms with van der Waals surface area (Å²) in [6.45, 7) is 2.65. The molecule has 1 amide bonds. The third kappa shape index (κ3) is 4.57. The van der Waals surface area contributed by atoms with Crippen molar-refractivity contribution in [3.63, 3.8) is 0 Å². The van der Waals surface area contributed by atoms with E-state index in [0.29, 0.717) is 13.0 Å². The third-order valence-electron chi connectivity index (χ3n) is 5.75. The lowest BCUT2D eigenvalue weighted by Crippen LogP contribution is -2.26. The molecule has 0 aromatic heterocycles. The Labute approximate surface area is 187 Å². The number of aromatic carboxylic acids is 1. The fourth-order valence-corrected chi connectivity index (χ4v) is 4.07. The van der Waals surface area contributed by atoms with E-state index in [1.54, 1.807) is 18.2 Å². The Morgan fingerprint density at radius 1 is 1.00 bits per heavy atom. The zero-order valence-electron chi connectivity index (χ0n) is 17.9. The van der Waals surface area contributed by atoms with E-state index >= 15 is 0 Å². The van der Waals surface area contributed by atoms with Crippen LogP contribution in [0.4, 0.5) is 4.79 Å². The molecule has 4 rings (SSSR count). The van der Waals surface area contributed by atoms with E-state index in [1.165, 1.54) is 22.3 Å². The lowest BCUT2D eigenvalue weighted by molar-refractivity contribution is 0.0696. The van der Waals surface area contributed by atoms with Crippen LogP contribution in [0.2, 0.25) is 0 Å². The first-order valence-corrected chi connectivity index (χ1v) is 10.6. The van der Waals surface area contributed by atoms with E-state index in [-0.39, 0.29) is 18.1 Å². The van der Waals surface area contributed by atoms with Gasteiger partial charge in [-0.05, 0) is 58.9 Å². The number of carbonyl (C=O) groups excluding carboxylic acids is 1. The summed E-state index contributed by atoms with van der Waals surface area (Å²) >= 11 is 0. The molecule has 0 saturated heterocycles. The van der Waals surface area contributed by atoms with Gasteiger partial charge in [0.15, 0.2) is 0 Å². The number of hydrogen-bond donors (Lipinski definition) is 2. The Bertz CT molecular complexity index is 1140. The number of benzene rings is 3. The van der Waals surface area contributed by atoms with Crippen molar-refractivity contribution in [2.45, 2.75) is 19.3 Å². The Kier molecular flexibility index (Phi) is 6.36. The smallest absolute Gasteiger partial charge is 0.407 e. The summed E-state index contributed by atoms with van der Waals surface area (Å²) in [7, 11) is 0. The maximum absolute atomic E-state index is 12.2. The molecule has 0 bridgehead atoms. The molecule has 2 N–H and O–H groups in total. The van der Waals surface area contributed by atoms with E-state index in [4.69, 9.17) is 9.84 Å². The minimum absolute atomic E-state index is 0.0394. The predicted octanol–water partition coefficient (Wildman–Crippen LogP) is 5.64. The van der Waals surface area contributed by atoms with E-state index < -0.39 is 12.1 Å². The fraction of sp³-hybridized carbons (Fsp3) is 0.185. The van der Waals surface area contributed by atoms with Gasteiger partial charge in [-0.3, -0.25) is 0 Å². The van der Waals surface area contributed by atoms with Gasteiger partial charge in [0.05, 0.1) is 5.56 Å². The molecule has 0 fully saturated rings. The van der Waals surface area contributed by atoms with Gasteiger partial charge in [-0.1, -0.05) is 66.7 Å². The van der Waals surface area contributed by atoms with Crippen LogP contribution in [-0.4, -0.2) is 30.3 Å². The first-order valence-electron chi connectivity index (χ1n) is 10.6. The Morgan fingerprint density at radius 3 is 2.31 bits per heavy atom. The first kappa shape index (κ1) is 21.4. The lowest BCUT2D eigenvalue weighted by Gasteiger charge is -2.14. The highest BCUT2D eigenvalue weighted by molar-refractivity contribution is 5.88. The number of carbonyl (C=O) groups is 2. The van der Waals surface area contributed by atoms with E-state index in [9.17, 15) is 9.59 Å². The van der Waals surface area contributed by atoms with Gasteiger partial charge in [-0.15, -0.1) is 0 Å². The largest absolute Gasteiger partial charge is 0.478 e. The van der Waals surface area contributed by atoms with Crippen LogP contribution in [-0.2, 0) is 4.74 Å². The Morgan fingerprint density at radius 2 is 1.66 bits per heavy atom. The normalized spacial score (nSPS) is 12.4. The van der Waals surface area contributed by atoms with Gasteiger partial charge < -0.3 is 15.2 Å². The molecule has 0 atom stereocenters. The van der Waals surface area contributed by atoms with Gasteiger partial charge in [-0.25, -0.2) is 9.59 Å². The predicted molar refractivity (Wildman–Crippen MR) is 125 cm³/mol. The van der Waals surface area contributed by atoms with E-state index in [1.807, 2.05) is 43.3 Å². The number of amides is 1. The second-order valence-electron chi connectivity index (χ2n) is 7.82. The van der Waals surface area contributed by atoms with Gasteiger partial charge in [0.25, 0.3) is 0 Å². The van der Waals surface area contributed by atoms with Crippen molar-refractivity contribution in [1.82, 2.24) is 5.32 Å². The van der Waals surface area contributed by atoms with Gasteiger partial charge >= 0.3 is 12.1 Å². The molecule has 3 aromatic rings. The number of carboxylic acid groups (broad SMARTS) is 1. The van der Waals surface area contributed by atoms with Crippen molar-refractivity contribution in [3.8, 4) is 11.1 Å². The number of fused-ring (bicyclic) bond motifs is 3. The summed E-state index contributed by atoms with van der Waals surface area (Å²) in [5.41, 5.74) is 6.87. The number of ether oxygens (including phenoxy) is 1. The molecule has 1 aliphatic rings. The summed E-state index contributed by atoms with van der Waals surface area (Å²) in [6, 6.07) is 21.5. The summed E-state index contributed by atoms with van der Waals surface area (Å²) in [6.07, 6.45) is 3.96. The van der Waals surface area contributed by atoms with Gasteiger partial charge in [0.1, 0.15) is 6.61 Å². The Balaban J connectivity index is 1.28. The number of alkyl carbamates (subject to hydrolysis) is 1. The fourth-order valence-electron chi connectivity index (χ4n) is 4.07. The van der Waals surface area contributed by atoms with Crippen LogP contribution in [0.25, 0.3) is 17.2 Å². The van der Waals surface area contributed by atoms with Gasteiger partial charge in [0.2, 0.25) is 0 Å². The maximum atomic E-state index is 12.2. The van der Waals surface area contributed by atoms with Crippen LogP contribution in [0.5, 0.6) is 0 Å². The number of aryl methyl sites for hydroxylation is 1. The van der Waals surface area contributed by atoms with Crippen molar-refractivity contribution in [1.29, 1.82) is 0 Å². The molecular weight excluding hydrogens is 402 g/mol. The van der Waals surface area contributed by atoms with Crippen LogP contribution in [0.3, 0.4) is 0 Å². The molecule has 32 heavy (non-hydrogen) atoms. The molecule has 5 heteroatoms. The summed E-state index contributed by atoms with van der Waals surface area (Å²) in [4.78, 5) is 23.3. The van der Waals surface area contributed by atoms with E-state index in [0.717, 1.165) is 11.1 Å². The molecule has 0 radical (unpaired) electrons. The van der Waals surface area contributed by atoms with Gasteiger partial charge in [0, 0.05) is 12.5 Å². The van der Waals surface area contributed by atoms with Gasteiger partial charge in [-0.2, -0.15) is 0 Å². The molecule has 0 saturated carbocycles. The van der Waals surface area contributed by atoms with Crippen LogP contribution >= 0.6 is 0 Å². The highest BCUT2D eigenvalue weighted by atomic mass is 16.5. The van der Waals surface area contributed by atoms with Crippen LogP contribution in [0, 0.1) is 6.92 Å². The summed E-state index contributed by atoms with van der Waals surface area (Å²) < 4.78 is 5.53. The van der Waals surface area contributed by atoms with Crippen molar-refractivity contribution in [2.24, 2.45) is 0 Å². The van der Waals surface area contributed by atoms with Crippen LogP contribution in [0.1, 0.15) is 45.0 Å². The third-order valence-corrected chi connectivity index (χ3v) is 5.75. The molecule has 0 spiro atoms. The molecular formula is C27H25NO4. The Hall–Kier alpha value is -3.86. The molecule has 5 nitrogen and oxygen atoms in total. The quantitative estimate of drug-likeness (QED) is 0.479. The highest BCUT2D eigenvalue weighted by Crippen LogP contribution is 2.44. The second-order valence-corrected chi connectivity index (χ2v) is 7.82. The van der Waals surface area contributed by atoms with Crippen molar-refractivity contribution >= 4 is 18.1 Å². The highest BCUT2D eigenvalue weighted by Gasteiger charge is 2.28. The van der Waals surface area contributed by atoms with Crippen molar-refractivity contribution in [2.75, 3.05) is 13.2 Å². The number of rotatable bonds is 7. The summed E-state index contributed by atoms with van der Waals surface area (Å²) in [5, 5.41) is 11.9. The van der Waals surface area contributed by atoms with Crippen LogP contribution < -0.4 is 5.32 Å². The molecule has 0 aliphatic heterocycles. The minimum Gasteiger partial charge on any atom is -0.478 e. The topological polar surface area (TPSA) is 75.6 Å². The molecule has 3 aromatic carbocycles. The van der Waals surface area contributed by atoms with Crippen molar-refractivity contribution < 1.29 is 19.4 Å². The van der Waals surface area contributed by atoms with Crippen LogP contribution in [0.15, 0.2) is 72.8 Å². The standard InChI is InChI=1S/C27H25NO4/c1-18-13-14-20(26(29)30)16-19(18)8-6-7-15-28-27(31)32-17-25-23-11-4-2-9-21(23)22-10-3-5-12-24(22)25/h2-6,8-14,16,25H,7,15,17H2,1H3,(H,28,31)(H,29,30). The monoisotopic (exact) mass is 427 g/mol. The zero-order valence-corrected chi connectivity index (χ0v) is 17.9.